The fourth-order valence-corrected chi connectivity index (χ4v) is 1.77. The summed E-state index contributed by atoms with van der Waals surface area (Å²) in [6.45, 7) is -0.254. The third-order valence-corrected chi connectivity index (χ3v) is 2.89. The molecule has 3 nitrogen and oxygen atoms in total. The number of carbonyl (C=O) groups excluding carboxylic acids is 1. The van der Waals surface area contributed by atoms with Gasteiger partial charge in [0.1, 0.15) is 23.1 Å². The molecule has 110 valence electrons. The van der Waals surface area contributed by atoms with Crippen LogP contribution in [-0.2, 0) is 4.79 Å². The molecule has 0 bridgehead atoms. The van der Waals surface area contributed by atoms with Crippen molar-refractivity contribution in [3.63, 3.8) is 0 Å². The molecule has 0 radical (unpaired) electrons. The van der Waals surface area contributed by atoms with Crippen molar-refractivity contribution in [2.45, 2.75) is 0 Å². The van der Waals surface area contributed by atoms with Gasteiger partial charge in [0, 0.05) is 5.69 Å². The molecule has 0 saturated heterocycles. The van der Waals surface area contributed by atoms with E-state index in [2.05, 4.69) is 10.6 Å². The van der Waals surface area contributed by atoms with Crippen molar-refractivity contribution in [2.24, 2.45) is 0 Å². The van der Waals surface area contributed by atoms with Crippen molar-refractivity contribution in [1.29, 1.82) is 0 Å². The second-order valence-electron chi connectivity index (χ2n) is 4.13. The number of carbonyl (C=O) groups is 1. The highest BCUT2D eigenvalue weighted by Gasteiger charge is 2.11. The van der Waals surface area contributed by atoms with E-state index in [9.17, 15) is 18.0 Å². The van der Waals surface area contributed by atoms with E-state index in [4.69, 9.17) is 11.6 Å². The van der Waals surface area contributed by atoms with Gasteiger partial charge in [0.15, 0.2) is 0 Å². The van der Waals surface area contributed by atoms with Gasteiger partial charge >= 0.3 is 0 Å². The van der Waals surface area contributed by atoms with Crippen LogP contribution in [0.1, 0.15) is 0 Å². The molecule has 2 aromatic carbocycles. The second-order valence-corrected chi connectivity index (χ2v) is 4.53. The summed E-state index contributed by atoms with van der Waals surface area (Å²) in [5.41, 5.74) is -0.105. The lowest BCUT2D eigenvalue weighted by molar-refractivity contribution is -0.114. The summed E-state index contributed by atoms with van der Waals surface area (Å²) in [7, 11) is 0. The summed E-state index contributed by atoms with van der Waals surface area (Å²) in [6.07, 6.45) is 0. The number of benzene rings is 2. The lowest BCUT2D eigenvalue weighted by atomic mass is 10.3. The number of amides is 1. The molecule has 0 aliphatic carbocycles. The molecular formula is C14H10ClF3N2O. The maximum atomic E-state index is 13.3. The summed E-state index contributed by atoms with van der Waals surface area (Å²) in [5, 5.41) is 4.68. The molecule has 2 N–H and O–H groups in total. The SMILES string of the molecule is O=C(CNc1ccc(F)c(Cl)c1)Nc1c(F)cccc1F. The van der Waals surface area contributed by atoms with Gasteiger partial charge in [-0.05, 0) is 30.3 Å². The fourth-order valence-electron chi connectivity index (χ4n) is 1.59. The van der Waals surface area contributed by atoms with E-state index in [-0.39, 0.29) is 11.6 Å². The van der Waals surface area contributed by atoms with Crippen LogP contribution in [0.25, 0.3) is 0 Å². The highest BCUT2D eigenvalue weighted by Crippen LogP contribution is 2.20. The molecular weight excluding hydrogens is 305 g/mol. The smallest absolute Gasteiger partial charge is 0.243 e. The Morgan fingerprint density at radius 1 is 1.05 bits per heavy atom. The highest BCUT2D eigenvalue weighted by molar-refractivity contribution is 6.31. The standard InChI is InChI=1S/C14H10ClF3N2O/c15-9-6-8(4-5-10(9)16)19-7-13(21)20-14-11(17)2-1-3-12(14)18/h1-6,19H,7H2,(H,20,21). The lowest BCUT2D eigenvalue weighted by Crippen LogP contribution is -2.23. The molecule has 7 heteroatoms. The largest absolute Gasteiger partial charge is 0.376 e. The van der Waals surface area contributed by atoms with Crippen molar-refractivity contribution in [3.8, 4) is 0 Å². The van der Waals surface area contributed by atoms with Crippen LogP contribution >= 0.6 is 11.6 Å². The Hall–Kier alpha value is -2.21. The first-order valence-electron chi connectivity index (χ1n) is 5.90. The van der Waals surface area contributed by atoms with Gasteiger partial charge in [-0.3, -0.25) is 4.79 Å². The van der Waals surface area contributed by atoms with Crippen molar-refractivity contribution < 1.29 is 18.0 Å². The minimum absolute atomic E-state index is 0.0967. The number of halogens is 4. The van der Waals surface area contributed by atoms with Crippen molar-refractivity contribution in [2.75, 3.05) is 17.2 Å². The van der Waals surface area contributed by atoms with Crippen LogP contribution in [0.3, 0.4) is 0 Å². The Kier molecular flexibility index (Phi) is 4.70. The van der Waals surface area contributed by atoms with Gasteiger partial charge in [-0.15, -0.1) is 0 Å². The van der Waals surface area contributed by atoms with Gasteiger partial charge in [-0.25, -0.2) is 13.2 Å². The van der Waals surface area contributed by atoms with Gasteiger partial charge in [0.25, 0.3) is 0 Å². The van der Waals surface area contributed by atoms with Crippen LogP contribution in [0, 0.1) is 17.5 Å². The number of rotatable bonds is 4. The van der Waals surface area contributed by atoms with E-state index < -0.39 is 29.0 Å². The van der Waals surface area contributed by atoms with Gasteiger partial charge in [-0.1, -0.05) is 17.7 Å². The van der Waals surface area contributed by atoms with Crippen LogP contribution in [0.2, 0.25) is 5.02 Å². The van der Waals surface area contributed by atoms with E-state index in [1.54, 1.807) is 0 Å². The van der Waals surface area contributed by atoms with E-state index in [1.165, 1.54) is 18.2 Å². The Balaban J connectivity index is 1.97. The molecule has 0 aromatic heterocycles. The number of hydrogen-bond acceptors (Lipinski definition) is 2. The zero-order chi connectivity index (χ0) is 15.4. The van der Waals surface area contributed by atoms with Gasteiger partial charge in [-0.2, -0.15) is 0 Å². The fraction of sp³-hybridized carbons (Fsp3) is 0.0714. The number of nitrogens with one attached hydrogen (secondary N) is 2. The number of hydrogen-bond donors (Lipinski definition) is 2. The summed E-state index contributed by atoms with van der Waals surface area (Å²) in [5.74, 6) is -2.97. The predicted octanol–water partition coefficient (Wildman–Crippen LogP) is 3.81. The molecule has 2 rings (SSSR count). The average Bonchev–Trinajstić information content (AvgIpc) is 2.44. The van der Waals surface area contributed by atoms with E-state index in [0.717, 1.165) is 18.2 Å². The van der Waals surface area contributed by atoms with E-state index in [1.807, 2.05) is 0 Å². The summed E-state index contributed by atoms with van der Waals surface area (Å²) in [6, 6.07) is 7.09. The minimum Gasteiger partial charge on any atom is -0.376 e. The van der Waals surface area contributed by atoms with Gasteiger partial charge in [0.2, 0.25) is 5.91 Å². The summed E-state index contributed by atoms with van der Waals surface area (Å²) < 4.78 is 39.6. The summed E-state index contributed by atoms with van der Waals surface area (Å²) in [4.78, 5) is 11.6. The molecule has 1 amide bonds. The Morgan fingerprint density at radius 3 is 2.33 bits per heavy atom. The van der Waals surface area contributed by atoms with Crippen LogP contribution in [0.4, 0.5) is 24.5 Å². The molecule has 0 fully saturated rings. The first-order valence-corrected chi connectivity index (χ1v) is 6.28. The minimum atomic E-state index is -0.867. The van der Waals surface area contributed by atoms with Crippen molar-refractivity contribution in [1.82, 2.24) is 0 Å². The molecule has 21 heavy (non-hydrogen) atoms. The Bertz CT molecular complexity index is 659. The van der Waals surface area contributed by atoms with E-state index >= 15 is 0 Å². The van der Waals surface area contributed by atoms with Crippen molar-refractivity contribution in [3.05, 3.63) is 58.9 Å². The molecule has 0 saturated carbocycles. The molecule has 0 spiro atoms. The Labute approximate surface area is 123 Å². The van der Waals surface area contributed by atoms with E-state index in [0.29, 0.717) is 5.69 Å². The number of anilines is 2. The molecule has 0 aliphatic heterocycles. The third-order valence-electron chi connectivity index (χ3n) is 2.60. The van der Waals surface area contributed by atoms with Gasteiger partial charge < -0.3 is 10.6 Å². The van der Waals surface area contributed by atoms with Crippen molar-refractivity contribution >= 4 is 28.9 Å². The highest BCUT2D eigenvalue weighted by atomic mass is 35.5. The zero-order valence-electron chi connectivity index (χ0n) is 10.6. The first kappa shape index (κ1) is 15.2. The van der Waals surface area contributed by atoms with Crippen LogP contribution in [-0.4, -0.2) is 12.5 Å². The molecule has 0 aliphatic rings. The topological polar surface area (TPSA) is 41.1 Å². The normalized spacial score (nSPS) is 10.3. The second kappa shape index (κ2) is 6.49. The van der Waals surface area contributed by atoms with Crippen LogP contribution < -0.4 is 10.6 Å². The van der Waals surface area contributed by atoms with Gasteiger partial charge in [0.05, 0.1) is 11.6 Å². The number of para-hydroxylation sites is 1. The predicted molar refractivity (Wildman–Crippen MR) is 74.9 cm³/mol. The third kappa shape index (κ3) is 3.88. The monoisotopic (exact) mass is 314 g/mol. The molecule has 0 unspecified atom stereocenters. The first-order chi connectivity index (χ1) is 9.97. The lowest BCUT2D eigenvalue weighted by Gasteiger charge is -2.09. The molecule has 2 aromatic rings. The van der Waals surface area contributed by atoms with Crippen LogP contribution in [0.5, 0.6) is 0 Å². The maximum Gasteiger partial charge on any atom is 0.243 e. The Morgan fingerprint density at radius 2 is 1.71 bits per heavy atom. The quantitative estimate of drug-likeness (QED) is 0.901. The van der Waals surface area contributed by atoms with Crippen LogP contribution in [0.15, 0.2) is 36.4 Å². The molecule has 0 heterocycles. The maximum absolute atomic E-state index is 13.3. The average molecular weight is 315 g/mol. The zero-order valence-corrected chi connectivity index (χ0v) is 11.3. The molecule has 0 atom stereocenters. The summed E-state index contributed by atoms with van der Waals surface area (Å²) >= 11 is 5.59.